The lowest BCUT2D eigenvalue weighted by Crippen LogP contribution is -2.26. The summed E-state index contributed by atoms with van der Waals surface area (Å²) in [5.74, 6) is 0.682. The van der Waals surface area contributed by atoms with Crippen LogP contribution in [0.15, 0.2) is 35.1 Å². The third kappa shape index (κ3) is 4.13. The van der Waals surface area contributed by atoms with Gasteiger partial charge in [-0.3, -0.25) is 9.59 Å². The minimum absolute atomic E-state index is 0.170. The molecular weight excluding hydrogens is 310 g/mol. The van der Waals surface area contributed by atoms with E-state index in [0.717, 1.165) is 12.8 Å². The van der Waals surface area contributed by atoms with E-state index in [1.165, 1.54) is 23.9 Å². The van der Waals surface area contributed by atoms with Crippen LogP contribution < -0.4 is 20.3 Å². The number of aryl methyl sites for hydroxylation is 1. The largest absolute Gasteiger partial charge is 0.497 e. The Morgan fingerprint density at radius 1 is 1.21 bits per heavy atom. The summed E-state index contributed by atoms with van der Waals surface area (Å²) in [4.78, 5) is 24.2. The molecule has 7 heteroatoms. The van der Waals surface area contributed by atoms with Crippen LogP contribution >= 0.6 is 0 Å². The van der Waals surface area contributed by atoms with Crippen molar-refractivity contribution in [3.8, 4) is 11.5 Å². The Morgan fingerprint density at radius 3 is 2.67 bits per heavy atom. The van der Waals surface area contributed by atoms with Crippen molar-refractivity contribution in [3.63, 3.8) is 0 Å². The van der Waals surface area contributed by atoms with Crippen molar-refractivity contribution in [2.75, 3.05) is 19.5 Å². The molecule has 0 bridgehead atoms. The number of nitrogens with zero attached hydrogens (tertiary/aromatic N) is 2. The van der Waals surface area contributed by atoms with Crippen LogP contribution in [0.4, 0.5) is 5.69 Å². The molecule has 7 nitrogen and oxygen atoms in total. The van der Waals surface area contributed by atoms with Gasteiger partial charge in [0.2, 0.25) is 0 Å². The SMILES string of the molecule is CCCCn1nc(C(=O)Nc2ccc(OC)cc2OC)ccc1=O. The molecule has 0 radical (unpaired) electrons. The first kappa shape index (κ1) is 17.5. The van der Waals surface area contributed by atoms with E-state index in [9.17, 15) is 9.59 Å². The minimum atomic E-state index is -0.413. The highest BCUT2D eigenvalue weighted by atomic mass is 16.5. The lowest BCUT2D eigenvalue weighted by atomic mass is 10.2. The number of nitrogens with one attached hydrogen (secondary N) is 1. The van der Waals surface area contributed by atoms with Gasteiger partial charge in [-0.15, -0.1) is 0 Å². The molecular formula is C17H21N3O4. The van der Waals surface area contributed by atoms with Gasteiger partial charge >= 0.3 is 0 Å². The van der Waals surface area contributed by atoms with Crippen LogP contribution in [0.3, 0.4) is 0 Å². The maximum atomic E-state index is 12.4. The molecule has 1 heterocycles. The van der Waals surface area contributed by atoms with Crippen molar-refractivity contribution in [2.24, 2.45) is 0 Å². The van der Waals surface area contributed by atoms with Crippen LogP contribution in [-0.4, -0.2) is 29.9 Å². The number of benzene rings is 1. The third-order valence-corrected chi connectivity index (χ3v) is 3.48. The molecule has 1 aromatic carbocycles. The van der Waals surface area contributed by atoms with Crippen LogP contribution in [0.25, 0.3) is 0 Å². The predicted octanol–water partition coefficient (Wildman–Crippen LogP) is 2.31. The van der Waals surface area contributed by atoms with Gasteiger partial charge in [-0.05, 0) is 24.6 Å². The Labute approximate surface area is 140 Å². The van der Waals surface area contributed by atoms with Crippen LogP contribution in [0.5, 0.6) is 11.5 Å². The van der Waals surface area contributed by atoms with Crippen LogP contribution in [0.2, 0.25) is 0 Å². The Kier molecular flexibility index (Phi) is 5.95. The Bertz CT molecular complexity index is 771. The molecule has 0 aliphatic heterocycles. The number of carbonyl (C=O) groups excluding carboxylic acids is 1. The Hall–Kier alpha value is -2.83. The van der Waals surface area contributed by atoms with Gasteiger partial charge in [-0.2, -0.15) is 5.10 Å². The first-order valence-corrected chi connectivity index (χ1v) is 7.70. The molecule has 2 rings (SSSR count). The zero-order valence-corrected chi connectivity index (χ0v) is 14.0. The minimum Gasteiger partial charge on any atom is -0.497 e. The number of anilines is 1. The number of unbranched alkanes of at least 4 members (excludes halogenated alkanes) is 1. The van der Waals surface area contributed by atoms with Crippen molar-refractivity contribution in [3.05, 3.63) is 46.4 Å². The number of methoxy groups -OCH3 is 2. The molecule has 24 heavy (non-hydrogen) atoms. The number of aromatic nitrogens is 2. The number of hydrogen-bond acceptors (Lipinski definition) is 5. The summed E-state index contributed by atoms with van der Waals surface area (Å²) < 4.78 is 11.7. The fraction of sp³-hybridized carbons (Fsp3) is 0.353. The zero-order valence-electron chi connectivity index (χ0n) is 14.0. The van der Waals surface area contributed by atoms with E-state index in [4.69, 9.17) is 9.47 Å². The van der Waals surface area contributed by atoms with Crippen molar-refractivity contribution < 1.29 is 14.3 Å². The maximum absolute atomic E-state index is 12.4. The molecule has 1 N–H and O–H groups in total. The lowest BCUT2D eigenvalue weighted by Gasteiger charge is -2.12. The summed E-state index contributed by atoms with van der Waals surface area (Å²) in [5.41, 5.74) is 0.446. The first-order valence-electron chi connectivity index (χ1n) is 7.70. The monoisotopic (exact) mass is 331 g/mol. The van der Waals surface area contributed by atoms with Crippen molar-refractivity contribution in [1.29, 1.82) is 0 Å². The molecule has 0 unspecified atom stereocenters. The number of hydrogen-bond donors (Lipinski definition) is 1. The highest BCUT2D eigenvalue weighted by molar-refractivity contribution is 6.03. The van der Waals surface area contributed by atoms with E-state index in [2.05, 4.69) is 10.4 Å². The van der Waals surface area contributed by atoms with Crippen LogP contribution in [0, 0.1) is 0 Å². The first-order chi connectivity index (χ1) is 11.6. The molecule has 1 amide bonds. The second-order valence-electron chi connectivity index (χ2n) is 5.15. The maximum Gasteiger partial charge on any atom is 0.276 e. The zero-order chi connectivity index (χ0) is 17.5. The molecule has 0 aliphatic carbocycles. The molecule has 0 saturated heterocycles. The third-order valence-electron chi connectivity index (χ3n) is 3.48. The second kappa shape index (κ2) is 8.14. The quantitative estimate of drug-likeness (QED) is 0.842. The van der Waals surface area contributed by atoms with Gasteiger partial charge in [0, 0.05) is 18.7 Å². The van der Waals surface area contributed by atoms with Crippen molar-refractivity contribution >= 4 is 11.6 Å². The van der Waals surface area contributed by atoms with Crippen LogP contribution in [-0.2, 0) is 6.54 Å². The van der Waals surface area contributed by atoms with E-state index < -0.39 is 5.91 Å². The molecule has 0 atom stereocenters. The normalized spacial score (nSPS) is 10.3. The summed E-state index contributed by atoms with van der Waals surface area (Å²) in [6.07, 6.45) is 1.76. The molecule has 0 spiro atoms. The van der Waals surface area contributed by atoms with E-state index in [-0.39, 0.29) is 11.3 Å². The van der Waals surface area contributed by atoms with E-state index in [1.807, 2.05) is 6.92 Å². The lowest BCUT2D eigenvalue weighted by molar-refractivity contribution is 0.101. The fourth-order valence-electron chi connectivity index (χ4n) is 2.13. The Balaban J connectivity index is 2.22. The van der Waals surface area contributed by atoms with Gasteiger partial charge in [0.05, 0.1) is 19.9 Å². The molecule has 0 fully saturated rings. The van der Waals surface area contributed by atoms with E-state index >= 15 is 0 Å². The topological polar surface area (TPSA) is 82.5 Å². The molecule has 0 saturated carbocycles. The molecule has 128 valence electrons. The van der Waals surface area contributed by atoms with Crippen LogP contribution in [0.1, 0.15) is 30.3 Å². The van der Waals surface area contributed by atoms with Gasteiger partial charge in [-0.25, -0.2) is 4.68 Å². The van der Waals surface area contributed by atoms with Crippen molar-refractivity contribution in [2.45, 2.75) is 26.3 Å². The summed E-state index contributed by atoms with van der Waals surface area (Å²) in [7, 11) is 3.06. The average Bonchev–Trinajstić information content (AvgIpc) is 2.61. The molecule has 0 aliphatic rings. The van der Waals surface area contributed by atoms with E-state index in [0.29, 0.717) is 23.7 Å². The summed E-state index contributed by atoms with van der Waals surface area (Å²) in [6.45, 7) is 2.51. The smallest absolute Gasteiger partial charge is 0.276 e. The van der Waals surface area contributed by atoms with Gasteiger partial charge < -0.3 is 14.8 Å². The van der Waals surface area contributed by atoms with Gasteiger partial charge in [-0.1, -0.05) is 13.3 Å². The predicted molar refractivity (Wildman–Crippen MR) is 90.9 cm³/mol. The number of amides is 1. The molecule has 2 aromatic rings. The summed E-state index contributed by atoms with van der Waals surface area (Å²) >= 11 is 0. The number of ether oxygens (including phenoxy) is 2. The fourth-order valence-corrected chi connectivity index (χ4v) is 2.13. The average molecular weight is 331 g/mol. The van der Waals surface area contributed by atoms with E-state index in [1.54, 1.807) is 25.3 Å². The highest BCUT2D eigenvalue weighted by Gasteiger charge is 2.13. The number of rotatable bonds is 7. The summed E-state index contributed by atoms with van der Waals surface area (Å²) in [5, 5.41) is 6.86. The second-order valence-corrected chi connectivity index (χ2v) is 5.15. The van der Waals surface area contributed by atoms with Gasteiger partial charge in [0.25, 0.3) is 11.5 Å². The Morgan fingerprint density at radius 2 is 2.00 bits per heavy atom. The van der Waals surface area contributed by atoms with Gasteiger partial charge in [0.15, 0.2) is 0 Å². The number of carbonyl (C=O) groups is 1. The summed E-state index contributed by atoms with van der Waals surface area (Å²) in [6, 6.07) is 7.83. The standard InChI is InChI=1S/C17H21N3O4/c1-4-5-10-20-16(21)9-8-14(19-20)17(22)18-13-7-6-12(23-2)11-15(13)24-3/h6-9,11H,4-5,10H2,1-3H3,(H,18,22). The highest BCUT2D eigenvalue weighted by Crippen LogP contribution is 2.29. The molecule has 1 aromatic heterocycles. The van der Waals surface area contributed by atoms with Gasteiger partial charge in [0.1, 0.15) is 17.2 Å². The van der Waals surface area contributed by atoms with Crippen molar-refractivity contribution in [1.82, 2.24) is 9.78 Å².